The molecule has 10 heteroatoms. The molecule has 0 spiro atoms. The van der Waals surface area contributed by atoms with E-state index in [1.54, 1.807) is 45.0 Å². The average molecular weight is 422 g/mol. The van der Waals surface area contributed by atoms with Crippen LogP contribution in [0.2, 0.25) is 0 Å². The monoisotopic (exact) mass is 422 g/mol. The second-order valence-corrected chi connectivity index (χ2v) is 6.62. The number of aryl methyl sites for hydroxylation is 1. The Bertz CT molecular complexity index is 1080. The minimum absolute atomic E-state index is 0.171. The van der Waals surface area contributed by atoms with Crippen LogP contribution < -0.4 is 10.6 Å². The number of aromatic nitrogens is 4. The van der Waals surface area contributed by atoms with Crippen LogP contribution in [-0.4, -0.2) is 44.1 Å². The van der Waals surface area contributed by atoms with E-state index in [0.717, 1.165) is 0 Å². The Balaban J connectivity index is 1.61. The summed E-state index contributed by atoms with van der Waals surface area (Å²) < 4.78 is 6.41. The largest absolute Gasteiger partial charge is 0.462 e. The van der Waals surface area contributed by atoms with E-state index in [1.807, 2.05) is 0 Å². The summed E-state index contributed by atoms with van der Waals surface area (Å²) in [4.78, 5) is 44.6. The van der Waals surface area contributed by atoms with Gasteiger partial charge < -0.3 is 15.4 Å². The molecule has 0 fully saturated rings. The molecule has 2 N–H and O–H groups in total. The summed E-state index contributed by atoms with van der Waals surface area (Å²) in [5.74, 6) is -1.14. The molecule has 3 aromatic rings. The molecule has 0 aliphatic carbocycles. The Morgan fingerprint density at radius 1 is 1.06 bits per heavy atom. The number of anilines is 2. The van der Waals surface area contributed by atoms with Gasteiger partial charge in [0.15, 0.2) is 0 Å². The lowest BCUT2D eigenvalue weighted by Gasteiger charge is -2.12. The number of hydrogen-bond donors (Lipinski definition) is 2. The lowest BCUT2D eigenvalue weighted by atomic mass is 10.2. The van der Waals surface area contributed by atoms with Crippen molar-refractivity contribution < 1.29 is 19.1 Å². The maximum atomic E-state index is 12.5. The van der Waals surface area contributed by atoms with Gasteiger partial charge >= 0.3 is 5.97 Å². The highest BCUT2D eigenvalue weighted by Crippen LogP contribution is 2.17. The second-order valence-electron chi connectivity index (χ2n) is 6.62. The van der Waals surface area contributed by atoms with Gasteiger partial charge in [-0.2, -0.15) is 5.10 Å². The molecule has 1 unspecified atom stereocenters. The molecule has 160 valence electrons. The summed E-state index contributed by atoms with van der Waals surface area (Å²) in [5.41, 5.74) is 2.00. The van der Waals surface area contributed by atoms with Gasteiger partial charge in [-0.05, 0) is 57.2 Å². The number of hydrogen-bond acceptors (Lipinski definition) is 7. The number of nitrogens with one attached hydrogen (secondary N) is 2. The first-order valence-electron chi connectivity index (χ1n) is 9.60. The standard InChI is InChI=1S/C21H22N6O4/c1-4-31-21(30)17-9-10-18(24-13(17)2)20(29)26-16-7-5-15(6-8-16)25-19(28)14(3)27-12-22-11-23-27/h5-12,14H,4H2,1-3H3,(H,25,28)(H,26,29). The van der Waals surface area contributed by atoms with Crippen molar-refractivity contribution in [3.05, 3.63) is 66.0 Å². The minimum atomic E-state index is -0.520. The van der Waals surface area contributed by atoms with E-state index in [2.05, 4.69) is 25.7 Å². The number of esters is 1. The van der Waals surface area contributed by atoms with Crippen LogP contribution in [-0.2, 0) is 9.53 Å². The lowest BCUT2D eigenvalue weighted by Crippen LogP contribution is -2.24. The van der Waals surface area contributed by atoms with Crippen LogP contribution in [0.5, 0.6) is 0 Å². The van der Waals surface area contributed by atoms with E-state index >= 15 is 0 Å². The van der Waals surface area contributed by atoms with Crippen LogP contribution in [0.25, 0.3) is 0 Å². The van der Waals surface area contributed by atoms with Crippen LogP contribution in [0.1, 0.15) is 46.4 Å². The number of benzene rings is 1. The molecule has 10 nitrogen and oxygen atoms in total. The SMILES string of the molecule is CCOC(=O)c1ccc(C(=O)Nc2ccc(NC(=O)C(C)n3cncn3)cc2)nc1C. The Morgan fingerprint density at radius 3 is 2.32 bits per heavy atom. The maximum Gasteiger partial charge on any atom is 0.339 e. The summed E-state index contributed by atoms with van der Waals surface area (Å²) in [5, 5.41) is 9.46. The second kappa shape index (κ2) is 9.61. The molecule has 0 bridgehead atoms. The van der Waals surface area contributed by atoms with Crippen molar-refractivity contribution in [2.45, 2.75) is 26.8 Å². The van der Waals surface area contributed by atoms with Gasteiger partial charge in [-0.25, -0.2) is 19.4 Å². The first kappa shape index (κ1) is 21.6. The zero-order chi connectivity index (χ0) is 22.4. The number of rotatable bonds is 7. The number of ether oxygens (including phenoxy) is 1. The van der Waals surface area contributed by atoms with Crippen molar-refractivity contribution in [2.24, 2.45) is 0 Å². The normalized spacial score (nSPS) is 11.5. The van der Waals surface area contributed by atoms with Crippen molar-refractivity contribution in [2.75, 3.05) is 17.2 Å². The number of amides is 2. The van der Waals surface area contributed by atoms with Gasteiger partial charge in [0, 0.05) is 11.4 Å². The molecule has 0 aliphatic rings. The Kier molecular flexibility index (Phi) is 6.71. The summed E-state index contributed by atoms with van der Waals surface area (Å²) in [7, 11) is 0. The van der Waals surface area contributed by atoms with Crippen LogP contribution in [0.15, 0.2) is 49.1 Å². The third-order valence-corrected chi connectivity index (χ3v) is 4.44. The van der Waals surface area contributed by atoms with Gasteiger partial charge in [0.05, 0.1) is 17.9 Å². The van der Waals surface area contributed by atoms with Gasteiger partial charge in [0.1, 0.15) is 24.4 Å². The van der Waals surface area contributed by atoms with E-state index in [9.17, 15) is 14.4 Å². The van der Waals surface area contributed by atoms with Gasteiger partial charge in [-0.1, -0.05) is 0 Å². The highest BCUT2D eigenvalue weighted by Gasteiger charge is 2.17. The molecule has 0 aliphatic heterocycles. The quantitative estimate of drug-likeness (QED) is 0.560. The first-order chi connectivity index (χ1) is 14.9. The van der Waals surface area contributed by atoms with Crippen molar-refractivity contribution in [3.63, 3.8) is 0 Å². The summed E-state index contributed by atoms with van der Waals surface area (Å²) >= 11 is 0. The van der Waals surface area contributed by atoms with Crippen molar-refractivity contribution in [1.82, 2.24) is 19.7 Å². The van der Waals surface area contributed by atoms with Gasteiger partial charge in [0.25, 0.3) is 5.91 Å². The molecular formula is C21H22N6O4. The molecule has 1 atom stereocenters. The van der Waals surface area contributed by atoms with Crippen LogP contribution in [0, 0.1) is 6.92 Å². The maximum absolute atomic E-state index is 12.5. The predicted octanol–water partition coefficient (Wildman–Crippen LogP) is 2.61. The van der Waals surface area contributed by atoms with Crippen LogP contribution in [0.4, 0.5) is 11.4 Å². The molecule has 1 aromatic carbocycles. The van der Waals surface area contributed by atoms with E-state index in [0.29, 0.717) is 22.6 Å². The molecule has 0 saturated heterocycles. The fourth-order valence-corrected chi connectivity index (χ4v) is 2.73. The van der Waals surface area contributed by atoms with Gasteiger partial charge in [-0.3, -0.25) is 9.59 Å². The Hall–Kier alpha value is -4.08. The van der Waals surface area contributed by atoms with Crippen molar-refractivity contribution in [3.8, 4) is 0 Å². The molecule has 2 amide bonds. The smallest absolute Gasteiger partial charge is 0.339 e. The van der Waals surface area contributed by atoms with Crippen LogP contribution in [0.3, 0.4) is 0 Å². The van der Waals surface area contributed by atoms with Gasteiger partial charge in [0.2, 0.25) is 5.91 Å². The molecule has 31 heavy (non-hydrogen) atoms. The number of pyridine rings is 1. The van der Waals surface area contributed by atoms with Crippen molar-refractivity contribution in [1.29, 1.82) is 0 Å². The topological polar surface area (TPSA) is 128 Å². The zero-order valence-corrected chi connectivity index (χ0v) is 17.3. The predicted molar refractivity (Wildman–Crippen MR) is 113 cm³/mol. The minimum Gasteiger partial charge on any atom is -0.462 e. The molecule has 2 aromatic heterocycles. The zero-order valence-electron chi connectivity index (χ0n) is 17.3. The Morgan fingerprint density at radius 2 is 1.74 bits per heavy atom. The first-order valence-corrected chi connectivity index (χ1v) is 9.60. The molecule has 2 heterocycles. The summed E-state index contributed by atoms with van der Waals surface area (Å²) in [6.45, 7) is 5.33. The van der Waals surface area contributed by atoms with Gasteiger partial charge in [-0.15, -0.1) is 0 Å². The lowest BCUT2D eigenvalue weighted by molar-refractivity contribution is -0.119. The fourth-order valence-electron chi connectivity index (χ4n) is 2.73. The fraction of sp³-hybridized carbons (Fsp3) is 0.238. The van der Waals surface area contributed by atoms with E-state index < -0.39 is 17.9 Å². The van der Waals surface area contributed by atoms with E-state index in [1.165, 1.54) is 29.5 Å². The average Bonchev–Trinajstić information content (AvgIpc) is 3.29. The van der Waals surface area contributed by atoms with E-state index in [-0.39, 0.29) is 18.2 Å². The molecule has 0 saturated carbocycles. The van der Waals surface area contributed by atoms with Crippen LogP contribution >= 0.6 is 0 Å². The third-order valence-electron chi connectivity index (χ3n) is 4.44. The number of carbonyl (C=O) groups excluding carboxylic acids is 3. The molecular weight excluding hydrogens is 400 g/mol. The number of carbonyl (C=O) groups is 3. The highest BCUT2D eigenvalue weighted by molar-refractivity contribution is 6.03. The molecule has 0 radical (unpaired) electrons. The highest BCUT2D eigenvalue weighted by atomic mass is 16.5. The summed E-state index contributed by atoms with van der Waals surface area (Å²) in [6.07, 6.45) is 2.83. The molecule has 3 rings (SSSR count). The van der Waals surface area contributed by atoms with Crippen molar-refractivity contribution >= 4 is 29.2 Å². The Labute approximate surface area is 178 Å². The van der Waals surface area contributed by atoms with E-state index in [4.69, 9.17) is 4.74 Å². The number of nitrogens with zero attached hydrogens (tertiary/aromatic N) is 4. The summed E-state index contributed by atoms with van der Waals surface area (Å²) in [6, 6.07) is 9.13. The third kappa shape index (κ3) is 5.30.